The number of hydrogen-bond acceptors (Lipinski definition) is 4. The van der Waals surface area contributed by atoms with Crippen LogP contribution >= 0.6 is 0 Å². The number of ether oxygens (including phenoxy) is 3. The lowest BCUT2D eigenvalue weighted by Gasteiger charge is -2.25. The third-order valence-electron chi connectivity index (χ3n) is 3.28. The van der Waals surface area contributed by atoms with Gasteiger partial charge >= 0.3 is 0 Å². The van der Waals surface area contributed by atoms with E-state index in [1.54, 1.807) is 7.11 Å². The fourth-order valence-electron chi connectivity index (χ4n) is 2.31. The highest BCUT2D eigenvalue weighted by atomic mass is 16.6. The highest BCUT2D eigenvalue weighted by molar-refractivity contribution is 5.55. The van der Waals surface area contributed by atoms with Gasteiger partial charge in [-0.15, -0.1) is 0 Å². The molecule has 1 N–H and O–H groups in total. The van der Waals surface area contributed by atoms with Crippen LogP contribution in [0.4, 0.5) is 0 Å². The molecular weight excluding hydrogens is 220 g/mol. The van der Waals surface area contributed by atoms with Gasteiger partial charge in [-0.25, -0.2) is 0 Å². The molecule has 0 unspecified atom stereocenters. The Kier molecular flexibility index (Phi) is 2.49. The summed E-state index contributed by atoms with van der Waals surface area (Å²) >= 11 is 0. The van der Waals surface area contributed by atoms with Gasteiger partial charge in [0.05, 0.1) is 12.2 Å². The molecule has 0 amide bonds. The first-order chi connectivity index (χ1) is 8.24. The monoisotopic (exact) mass is 236 g/mol. The number of benzene rings is 1. The zero-order valence-corrected chi connectivity index (χ0v) is 9.86. The van der Waals surface area contributed by atoms with Crippen molar-refractivity contribution in [2.45, 2.75) is 25.0 Å². The highest BCUT2D eigenvalue weighted by Crippen LogP contribution is 2.53. The molecule has 1 fully saturated rings. The number of fused-ring (bicyclic) bond motifs is 1. The van der Waals surface area contributed by atoms with Crippen molar-refractivity contribution in [3.8, 4) is 11.5 Å². The molecule has 1 aromatic carbocycles. The summed E-state index contributed by atoms with van der Waals surface area (Å²) in [6.45, 7) is 1.58. The predicted octanol–water partition coefficient (Wildman–Crippen LogP) is 1.59. The van der Waals surface area contributed by atoms with Crippen LogP contribution in [0.5, 0.6) is 11.5 Å². The molecular formula is C13H16O4. The van der Waals surface area contributed by atoms with Gasteiger partial charge in [0.1, 0.15) is 13.2 Å². The normalized spacial score (nSPS) is 20.1. The van der Waals surface area contributed by atoms with Crippen molar-refractivity contribution in [2.75, 3.05) is 20.3 Å². The number of aliphatic hydroxyl groups is 1. The van der Waals surface area contributed by atoms with Gasteiger partial charge in [0, 0.05) is 12.7 Å². The first kappa shape index (κ1) is 10.9. The molecule has 1 saturated carbocycles. The summed E-state index contributed by atoms with van der Waals surface area (Å²) in [5, 5.41) is 10.4. The first-order valence-corrected chi connectivity index (χ1v) is 5.88. The van der Waals surface area contributed by atoms with Crippen LogP contribution in [0.3, 0.4) is 0 Å². The van der Waals surface area contributed by atoms with E-state index in [1.807, 2.05) is 12.1 Å². The minimum Gasteiger partial charge on any atom is -0.486 e. The molecule has 1 aromatic rings. The molecule has 0 bridgehead atoms. The number of methoxy groups -OCH3 is 1. The van der Waals surface area contributed by atoms with E-state index in [9.17, 15) is 5.11 Å². The Bertz CT molecular complexity index is 437. The van der Waals surface area contributed by atoms with E-state index in [2.05, 4.69) is 0 Å². The topological polar surface area (TPSA) is 47.9 Å². The third kappa shape index (κ3) is 1.77. The Morgan fingerprint density at radius 1 is 1.29 bits per heavy atom. The van der Waals surface area contributed by atoms with Crippen molar-refractivity contribution < 1.29 is 19.3 Å². The van der Waals surface area contributed by atoms with Crippen LogP contribution in [-0.2, 0) is 16.9 Å². The third-order valence-corrected chi connectivity index (χ3v) is 3.28. The fraction of sp³-hybridized carbons (Fsp3) is 0.538. The molecule has 0 atom stereocenters. The van der Waals surface area contributed by atoms with Crippen LogP contribution in [-0.4, -0.2) is 25.4 Å². The molecule has 0 aromatic heterocycles. The summed E-state index contributed by atoms with van der Waals surface area (Å²) in [6.07, 6.45) is 1.56. The summed E-state index contributed by atoms with van der Waals surface area (Å²) in [4.78, 5) is 0. The van der Waals surface area contributed by atoms with Crippen molar-refractivity contribution in [3.05, 3.63) is 23.3 Å². The summed E-state index contributed by atoms with van der Waals surface area (Å²) in [6, 6.07) is 3.83. The van der Waals surface area contributed by atoms with E-state index in [0.717, 1.165) is 29.7 Å². The summed E-state index contributed by atoms with van der Waals surface area (Å²) in [5.41, 5.74) is 1.10. The van der Waals surface area contributed by atoms with Crippen LogP contribution < -0.4 is 9.47 Å². The largest absolute Gasteiger partial charge is 0.486 e. The fourth-order valence-corrected chi connectivity index (χ4v) is 2.31. The van der Waals surface area contributed by atoms with Crippen molar-refractivity contribution >= 4 is 0 Å². The predicted molar refractivity (Wildman–Crippen MR) is 61.3 cm³/mol. The second kappa shape index (κ2) is 3.89. The second-order valence-electron chi connectivity index (χ2n) is 4.59. The molecule has 0 radical (unpaired) electrons. The quantitative estimate of drug-likeness (QED) is 0.865. The summed E-state index contributed by atoms with van der Waals surface area (Å²) < 4.78 is 16.4. The zero-order chi connectivity index (χ0) is 11.9. The van der Waals surface area contributed by atoms with E-state index in [4.69, 9.17) is 14.2 Å². The molecule has 1 aliphatic heterocycles. The molecule has 2 aliphatic rings. The molecule has 4 heteroatoms. The van der Waals surface area contributed by atoms with Gasteiger partial charge in [-0.05, 0) is 24.5 Å². The maximum atomic E-state index is 10.4. The minimum absolute atomic E-state index is 0.480. The number of hydrogen-bond donors (Lipinski definition) is 1. The molecule has 1 aliphatic carbocycles. The molecule has 17 heavy (non-hydrogen) atoms. The van der Waals surface area contributed by atoms with E-state index >= 15 is 0 Å². The van der Waals surface area contributed by atoms with E-state index in [1.165, 1.54) is 0 Å². The molecule has 1 heterocycles. The van der Waals surface area contributed by atoms with Crippen molar-refractivity contribution in [3.63, 3.8) is 0 Å². The van der Waals surface area contributed by atoms with E-state index in [-0.39, 0.29) is 0 Å². The van der Waals surface area contributed by atoms with Gasteiger partial charge in [0.2, 0.25) is 0 Å². The molecule has 4 nitrogen and oxygen atoms in total. The summed E-state index contributed by atoms with van der Waals surface area (Å²) in [7, 11) is 1.65. The Labute approximate surface area is 100 Å². The first-order valence-electron chi connectivity index (χ1n) is 5.88. The van der Waals surface area contributed by atoms with Gasteiger partial charge in [0.15, 0.2) is 11.5 Å². The van der Waals surface area contributed by atoms with E-state index < -0.39 is 5.60 Å². The van der Waals surface area contributed by atoms with Gasteiger partial charge < -0.3 is 19.3 Å². The SMILES string of the molecule is COCc1ccc2c(c1C1(O)CC1)OCCO2. The Morgan fingerprint density at radius 2 is 2.06 bits per heavy atom. The maximum Gasteiger partial charge on any atom is 0.167 e. The number of rotatable bonds is 3. The van der Waals surface area contributed by atoms with Crippen molar-refractivity contribution in [1.82, 2.24) is 0 Å². The highest BCUT2D eigenvalue weighted by Gasteiger charge is 2.47. The average Bonchev–Trinajstić information content (AvgIpc) is 3.08. The van der Waals surface area contributed by atoms with Gasteiger partial charge in [-0.2, -0.15) is 0 Å². The molecule has 0 spiro atoms. The molecule has 92 valence electrons. The standard InChI is InChI=1S/C13H16O4/c1-15-8-9-2-3-10-12(17-7-6-16-10)11(9)13(14)4-5-13/h2-3,14H,4-8H2,1H3. The lowest BCUT2D eigenvalue weighted by molar-refractivity contribution is 0.123. The van der Waals surface area contributed by atoms with Crippen molar-refractivity contribution in [2.24, 2.45) is 0 Å². The van der Waals surface area contributed by atoms with Gasteiger partial charge in [-0.3, -0.25) is 0 Å². The molecule has 3 rings (SSSR count). The van der Waals surface area contributed by atoms with Crippen LogP contribution in [0.1, 0.15) is 24.0 Å². The lowest BCUT2D eigenvalue weighted by atomic mass is 9.98. The average molecular weight is 236 g/mol. The van der Waals surface area contributed by atoms with Crippen LogP contribution in [0, 0.1) is 0 Å². The zero-order valence-electron chi connectivity index (χ0n) is 9.86. The van der Waals surface area contributed by atoms with Crippen LogP contribution in [0.2, 0.25) is 0 Å². The summed E-state index contributed by atoms with van der Waals surface area (Å²) in [5.74, 6) is 1.43. The molecule has 0 saturated heterocycles. The smallest absolute Gasteiger partial charge is 0.167 e. The Morgan fingerprint density at radius 3 is 2.76 bits per heavy atom. The maximum absolute atomic E-state index is 10.4. The van der Waals surface area contributed by atoms with Gasteiger partial charge in [0.25, 0.3) is 0 Å². The van der Waals surface area contributed by atoms with Crippen molar-refractivity contribution in [1.29, 1.82) is 0 Å². The Balaban J connectivity index is 2.11. The van der Waals surface area contributed by atoms with Crippen LogP contribution in [0.15, 0.2) is 12.1 Å². The van der Waals surface area contributed by atoms with Gasteiger partial charge in [-0.1, -0.05) is 6.07 Å². The second-order valence-corrected chi connectivity index (χ2v) is 4.59. The lowest BCUT2D eigenvalue weighted by Crippen LogP contribution is -2.20. The minimum atomic E-state index is -0.736. The van der Waals surface area contributed by atoms with E-state index in [0.29, 0.717) is 25.6 Å². The Hall–Kier alpha value is -1.26. The van der Waals surface area contributed by atoms with Crippen LogP contribution in [0.25, 0.3) is 0 Å².